The monoisotopic (exact) mass is 487 g/mol. The van der Waals surface area contributed by atoms with Crippen LogP contribution < -0.4 is 4.74 Å². The molecule has 0 radical (unpaired) electrons. The lowest BCUT2D eigenvalue weighted by molar-refractivity contribution is -0.289. The maximum Gasteiger partial charge on any atom is 0.458 e. The Hall–Kier alpha value is -4.01. The van der Waals surface area contributed by atoms with Gasteiger partial charge in [0.15, 0.2) is 0 Å². The molecule has 0 aliphatic heterocycles. The third-order valence-corrected chi connectivity index (χ3v) is 5.44. The molecule has 35 heavy (non-hydrogen) atoms. The number of aromatic nitrogens is 1. The van der Waals surface area contributed by atoms with Crippen molar-refractivity contribution in [2.75, 3.05) is 6.61 Å². The second-order valence-electron chi connectivity index (χ2n) is 7.70. The summed E-state index contributed by atoms with van der Waals surface area (Å²) in [5, 5.41) is 9.30. The highest BCUT2D eigenvalue weighted by atomic mass is 19.4. The van der Waals surface area contributed by atoms with Crippen LogP contribution >= 0.6 is 0 Å². The highest BCUT2D eigenvalue weighted by Crippen LogP contribution is 2.44. The van der Waals surface area contributed by atoms with Crippen LogP contribution in [0.25, 0.3) is 33.3 Å². The van der Waals surface area contributed by atoms with Gasteiger partial charge in [-0.1, -0.05) is 42.5 Å². The van der Waals surface area contributed by atoms with Gasteiger partial charge in [-0.3, -0.25) is 0 Å². The zero-order valence-electron chi connectivity index (χ0n) is 18.2. The predicted octanol–water partition coefficient (Wildman–Crippen LogP) is 7.32. The quantitative estimate of drug-likeness (QED) is 0.290. The molecule has 0 saturated carbocycles. The number of nitrogens with zero attached hydrogens (tertiary/aromatic N) is 1. The molecule has 4 rings (SSSR count). The first-order valence-corrected chi connectivity index (χ1v) is 10.5. The number of pyridine rings is 1. The number of rotatable bonds is 6. The number of hydrogen-bond acceptors (Lipinski definition) is 3. The fourth-order valence-electron chi connectivity index (χ4n) is 3.65. The molecule has 0 saturated heterocycles. The molecule has 0 aliphatic carbocycles. The highest BCUT2D eigenvalue weighted by Gasteiger charge is 2.58. The molecule has 4 nitrogen and oxygen atoms in total. The van der Waals surface area contributed by atoms with Crippen LogP contribution in [0.5, 0.6) is 5.75 Å². The maximum absolute atomic E-state index is 13.8. The predicted molar refractivity (Wildman–Crippen MR) is 121 cm³/mol. The molecule has 4 aromatic rings. The van der Waals surface area contributed by atoms with E-state index in [4.69, 9.17) is 4.74 Å². The summed E-state index contributed by atoms with van der Waals surface area (Å²) in [6.45, 7) is 2.44. The van der Waals surface area contributed by atoms with Crippen molar-refractivity contribution in [3.8, 4) is 28.1 Å². The smallest absolute Gasteiger partial charge is 0.458 e. The minimum atomic E-state index is -5.82. The van der Waals surface area contributed by atoms with Crippen molar-refractivity contribution in [2.45, 2.75) is 19.0 Å². The molecule has 0 aliphatic rings. The van der Waals surface area contributed by atoms with Crippen LogP contribution in [-0.4, -0.2) is 28.8 Å². The molecule has 1 aromatic heterocycles. The van der Waals surface area contributed by atoms with Crippen LogP contribution in [0.3, 0.4) is 0 Å². The van der Waals surface area contributed by atoms with Crippen LogP contribution in [0.2, 0.25) is 0 Å². The van der Waals surface area contributed by atoms with Crippen molar-refractivity contribution in [1.29, 1.82) is 0 Å². The third-order valence-electron chi connectivity index (χ3n) is 5.44. The Morgan fingerprint density at radius 1 is 0.857 bits per heavy atom. The normalized spacial score (nSPS) is 12.1. The van der Waals surface area contributed by atoms with Gasteiger partial charge >= 0.3 is 18.1 Å². The molecule has 0 spiro atoms. The second-order valence-corrected chi connectivity index (χ2v) is 7.70. The third kappa shape index (κ3) is 4.66. The van der Waals surface area contributed by atoms with Crippen molar-refractivity contribution in [2.24, 2.45) is 0 Å². The maximum atomic E-state index is 13.8. The number of alkyl halides is 5. The Balaban J connectivity index is 1.73. The average Bonchev–Trinajstić information content (AvgIpc) is 2.83. The van der Waals surface area contributed by atoms with Crippen molar-refractivity contribution in [1.82, 2.24) is 4.98 Å². The number of ether oxygens (including phenoxy) is 1. The molecule has 1 heterocycles. The lowest BCUT2D eigenvalue weighted by Crippen LogP contribution is -2.33. The van der Waals surface area contributed by atoms with Crippen molar-refractivity contribution < 1.29 is 36.6 Å². The van der Waals surface area contributed by atoms with Gasteiger partial charge in [-0.15, -0.1) is 0 Å². The molecular formula is C26H18F5NO3. The van der Waals surface area contributed by atoms with Crippen LogP contribution in [0, 0.1) is 0 Å². The van der Waals surface area contributed by atoms with E-state index in [9.17, 15) is 31.9 Å². The van der Waals surface area contributed by atoms with E-state index in [0.717, 1.165) is 29.0 Å². The van der Waals surface area contributed by atoms with E-state index in [0.29, 0.717) is 24.3 Å². The van der Waals surface area contributed by atoms with E-state index in [1.54, 1.807) is 12.1 Å². The number of carboxylic acid groups (broad SMARTS) is 1. The van der Waals surface area contributed by atoms with Gasteiger partial charge in [0.05, 0.1) is 23.4 Å². The minimum Gasteiger partial charge on any atom is -0.494 e. The zero-order valence-corrected chi connectivity index (χ0v) is 18.2. The highest BCUT2D eigenvalue weighted by molar-refractivity contribution is 6.04. The number of carbonyl (C=O) groups is 1. The Morgan fingerprint density at radius 3 is 1.97 bits per heavy atom. The van der Waals surface area contributed by atoms with E-state index < -0.39 is 29.2 Å². The lowest BCUT2D eigenvalue weighted by Gasteiger charge is -2.20. The lowest BCUT2D eigenvalue weighted by atomic mass is 9.98. The summed E-state index contributed by atoms with van der Waals surface area (Å²) < 4.78 is 71.4. The zero-order chi connectivity index (χ0) is 25.4. The van der Waals surface area contributed by atoms with E-state index in [1.165, 1.54) is 0 Å². The van der Waals surface area contributed by atoms with E-state index in [1.807, 2.05) is 43.3 Å². The van der Waals surface area contributed by atoms with Gasteiger partial charge in [0.1, 0.15) is 5.75 Å². The molecule has 0 unspecified atom stereocenters. The molecule has 0 fully saturated rings. The van der Waals surface area contributed by atoms with Crippen LogP contribution in [0.15, 0.2) is 72.8 Å². The second kappa shape index (κ2) is 8.98. The van der Waals surface area contributed by atoms with Gasteiger partial charge in [-0.05, 0) is 48.4 Å². The number of carboxylic acids is 1. The van der Waals surface area contributed by atoms with Gasteiger partial charge in [-0.25, -0.2) is 9.78 Å². The van der Waals surface area contributed by atoms with Gasteiger partial charge in [-0.2, -0.15) is 22.0 Å². The topological polar surface area (TPSA) is 59.4 Å². The first-order valence-electron chi connectivity index (χ1n) is 10.5. The van der Waals surface area contributed by atoms with Crippen LogP contribution in [0.1, 0.15) is 22.8 Å². The van der Waals surface area contributed by atoms with E-state index in [2.05, 4.69) is 4.98 Å². The molecule has 0 atom stereocenters. The van der Waals surface area contributed by atoms with Crippen LogP contribution in [0.4, 0.5) is 22.0 Å². The summed E-state index contributed by atoms with van der Waals surface area (Å²) in [5.74, 6) is -5.87. The molecule has 0 bridgehead atoms. The summed E-state index contributed by atoms with van der Waals surface area (Å²) in [5.41, 5.74) is 0.801. The average molecular weight is 487 g/mol. The van der Waals surface area contributed by atoms with Gasteiger partial charge in [0.25, 0.3) is 0 Å². The molecular weight excluding hydrogens is 469 g/mol. The standard InChI is InChI=1S/C26H18F5NO3/c1-2-35-19-10-7-16(8-11-19)15-3-5-17(6-4-15)23-14-21(24(33)34)20-13-18(9-12-22(20)32-23)25(27,28)26(29,30)31/h3-14H,2H2,1H3,(H,33,34). The number of aromatic carboxylic acids is 1. The fraction of sp³-hybridized carbons (Fsp3) is 0.154. The van der Waals surface area contributed by atoms with E-state index in [-0.39, 0.29) is 16.6 Å². The summed E-state index contributed by atoms with van der Waals surface area (Å²) in [4.78, 5) is 16.1. The number of halogens is 5. The minimum absolute atomic E-state index is 0.0165. The first kappa shape index (κ1) is 24.1. The van der Waals surface area contributed by atoms with Gasteiger partial charge in [0, 0.05) is 16.5 Å². The van der Waals surface area contributed by atoms with Crippen LogP contribution in [-0.2, 0) is 5.92 Å². The van der Waals surface area contributed by atoms with Gasteiger partial charge < -0.3 is 9.84 Å². The number of benzene rings is 3. The molecule has 9 heteroatoms. The largest absolute Gasteiger partial charge is 0.494 e. The molecule has 0 amide bonds. The number of fused-ring (bicyclic) bond motifs is 1. The Kier molecular flexibility index (Phi) is 6.19. The van der Waals surface area contributed by atoms with Gasteiger partial charge in [0.2, 0.25) is 0 Å². The Bertz CT molecular complexity index is 1380. The Morgan fingerprint density at radius 2 is 1.43 bits per heavy atom. The van der Waals surface area contributed by atoms with Crippen molar-refractivity contribution in [3.05, 3.63) is 83.9 Å². The summed E-state index contributed by atoms with van der Waals surface area (Å²) >= 11 is 0. The molecule has 1 N–H and O–H groups in total. The van der Waals surface area contributed by atoms with E-state index >= 15 is 0 Å². The summed E-state index contributed by atoms with van der Waals surface area (Å²) in [6, 6.07) is 17.8. The molecule has 3 aromatic carbocycles. The molecule has 180 valence electrons. The van der Waals surface area contributed by atoms with Crippen molar-refractivity contribution in [3.63, 3.8) is 0 Å². The number of hydrogen-bond donors (Lipinski definition) is 1. The summed E-state index contributed by atoms with van der Waals surface area (Å²) in [7, 11) is 0. The SMILES string of the molecule is CCOc1ccc(-c2ccc(-c3cc(C(=O)O)c4cc(C(F)(F)C(F)(F)F)ccc4n3)cc2)cc1. The van der Waals surface area contributed by atoms with Crippen molar-refractivity contribution >= 4 is 16.9 Å². The summed E-state index contributed by atoms with van der Waals surface area (Å²) in [6.07, 6.45) is -5.82. The first-order chi connectivity index (χ1) is 16.5. The fourth-order valence-corrected chi connectivity index (χ4v) is 3.65. The Labute approximate surface area is 196 Å².